The van der Waals surface area contributed by atoms with E-state index >= 15 is 0 Å². The molecule has 2 aromatic rings. The van der Waals surface area contributed by atoms with Crippen molar-refractivity contribution in [3.05, 3.63) is 68.9 Å². The van der Waals surface area contributed by atoms with Gasteiger partial charge in [-0.2, -0.15) is 13.2 Å². The molecule has 0 amide bonds. The van der Waals surface area contributed by atoms with Gasteiger partial charge in [0.2, 0.25) is 0 Å². The number of hydrogen-bond acceptors (Lipinski definition) is 1. The first-order chi connectivity index (χ1) is 9.70. The molecule has 0 aliphatic carbocycles. The minimum absolute atomic E-state index is 0.284. The predicted octanol–water partition coefficient (Wildman–Crippen LogP) is 4.96. The van der Waals surface area contributed by atoms with Crippen LogP contribution in [0.3, 0.4) is 0 Å². The zero-order valence-corrected chi connectivity index (χ0v) is 12.6. The van der Waals surface area contributed by atoms with Crippen molar-refractivity contribution >= 4 is 15.9 Å². The minimum Gasteiger partial charge on any atom is -0.320 e. The highest BCUT2D eigenvalue weighted by Gasteiger charge is 2.34. The van der Waals surface area contributed by atoms with Gasteiger partial charge in [0.1, 0.15) is 5.82 Å². The van der Waals surface area contributed by atoms with Crippen molar-refractivity contribution in [1.82, 2.24) is 0 Å². The molecule has 0 heterocycles. The first-order valence-electron chi connectivity index (χ1n) is 6.08. The summed E-state index contributed by atoms with van der Waals surface area (Å²) in [6, 6.07) is 7.51. The lowest BCUT2D eigenvalue weighted by atomic mass is 9.97. The van der Waals surface area contributed by atoms with Gasteiger partial charge in [-0.25, -0.2) is 4.39 Å². The molecule has 21 heavy (non-hydrogen) atoms. The van der Waals surface area contributed by atoms with Crippen molar-refractivity contribution in [2.45, 2.75) is 19.1 Å². The maximum Gasteiger partial charge on any atom is 0.419 e. The van der Waals surface area contributed by atoms with Crippen molar-refractivity contribution in [2.24, 2.45) is 5.73 Å². The van der Waals surface area contributed by atoms with E-state index in [-0.39, 0.29) is 5.56 Å². The molecule has 0 saturated carbocycles. The van der Waals surface area contributed by atoms with Gasteiger partial charge in [0, 0.05) is 4.47 Å². The summed E-state index contributed by atoms with van der Waals surface area (Å²) in [5, 5.41) is 0. The van der Waals surface area contributed by atoms with Gasteiger partial charge in [-0.05, 0) is 36.2 Å². The van der Waals surface area contributed by atoms with Crippen LogP contribution in [0.25, 0.3) is 0 Å². The summed E-state index contributed by atoms with van der Waals surface area (Å²) in [4.78, 5) is 0. The molecule has 2 rings (SSSR count). The third-order valence-electron chi connectivity index (χ3n) is 3.14. The molecule has 0 aromatic heterocycles. The summed E-state index contributed by atoms with van der Waals surface area (Å²) in [5.74, 6) is -1.32. The Morgan fingerprint density at radius 3 is 2.33 bits per heavy atom. The second kappa shape index (κ2) is 5.77. The molecule has 1 atom stereocenters. The second-order valence-corrected chi connectivity index (χ2v) is 5.59. The predicted molar refractivity (Wildman–Crippen MR) is 76.3 cm³/mol. The monoisotopic (exact) mass is 361 g/mol. The fraction of sp³-hybridized carbons (Fsp3) is 0.200. The van der Waals surface area contributed by atoms with Gasteiger partial charge in [0.15, 0.2) is 0 Å². The average molecular weight is 362 g/mol. The first-order valence-corrected chi connectivity index (χ1v) is 6.87. The van der Waals surface area contributed by atoms with Crippen LogP contribution in [-0.4, -0.2) is 0 Å². The number of rotatable bonds is 2. The average Bonchev–Trinajstić information content (AvgIpc) is 2.39. The van der Waals surface area contributed by atoms with Gasteiger partial charge >= 0.3 is 6.18 Å². The van der Waals surface area contributed by atoms with E-state index in [2.05, 4.69) is 15.9 Å². The quantitative estimate of drug-likeness (QED) is 0.751. The number of alkyl halides is 3. The Balaban J connectivity index is 2.43. The molecule has 0 bridgehead atoms. The lowest BCUT2D eigenvalue weighted by molar-refractivity contribution is -0.140. The second-order valence-electron chi connectivity index (χ2n) is 4.74. The van der Waals surface area contributed by atoms with E-state index in [1.165, 1.54) is 6.07 Å². The van der Waals surface area contributed by atoms with E-state index in [0.717, 1.165) is 16.1 Å². The Morgan fingerprint density at radius 1 is 1.10 bits per heavy atom. The molecular weight excluding hydrogens is 350 g/mol. The summed E-state index contributed by atoms with van der Waals surface area (Å²) >= 11 is 3.34. The fourth-order valence-electron chi connectivity index (χ4n) is 2.04. The lowest BCUT2D eigenvalue weighted by Crippen LogP contribution is -2.15. The molecule has 2 aromatic carbocycles. The smallest absolute Gasteiger partial charge is 0.320 e. The highest BCUT2D eigenvalue weighted by atomic mass is 79.9. The van der Waals surface area contributed by atoms with Crippen molar-refractivity contribution in [1.29, 1.82) is 0 Å². The van der Waals surface area contributed by atoms with E-state index in [1.54, 1.807) is 6.07 Å². The van der Waals surface area contributed by atoms with E-state index in [4.69, 9.17) is 5.73 Å². The van der Waals surface area contributed by atoms with Crippen molar-refractivity contribution in [3.63, 3.8) is 0 Å². The molecule has 0 fully saturated rings. The van der Waals surface area contributed by atoms with Crippen LogP contribution in [0.5, 0.6) is 0 Å². The van der Waals surface area contributed by atoms with Crippen molar-refractivity contribution in [3.8, 4) is 0 Å². The van der Waals surface area contributed by atoms with Crippen LogP contribution in [0.1, 0.15) is 28.3 Å². The number of aryl methyl sites for hydroxylation is 1. The summed E-state index contributed by atoms with van der Waals surface area (Å²) in [6.45, 7) is 1.87. The number of nitrogens with two attached hydrogens (primary N) is 1. The lowest BCUT2D eigenvalue weighted by Gasteiger charge is -2.17. The Morgan fingerprint density at radius 2 is 1.76 bits per heavy atom. The van der Waals surface area contributed by atoms with Gasteiger partial charge in [-0.15, -0.1) is 0 Å². The molecular formula is C15H12BrF4N. The van der Waals surface area contributed by atoms with Crippen LogP contribution in [0.15, 0.2) is 40.9 Å². The molecule has 2 N–H and O–H groups in total. The van der Waals surface area contributed by atoms with Crippen LogP contribution in [0.4, 0.5) is 17.6 Å². The van der Waals surface area contributed by atoms with Crippen LogP contribution in [-0.2, 0) is 6.18 Å². The first kappa shape index (κ1) is 16.0. The number of hydrogen-bond donors (Lipinski definition) is 1. The Hall–Kier alpha value is -1.40. The standard InChI is InChI=1S/C15H12BrF4N/c1-8-2-5-12(16)10(6-8)14(21)9-3-4-11(13(17)7-9)15(18,19)20/h2-7,14H,21H2,1H3. The summed E-state index contributed by atoms with van der Waals surface area (Å²) in [5.41, 5.74) is 6.67. The Labute approximate surface area is 127 Å². The molecule has 0 aliphatic heterocycles. The number of benzene rings is 2. The number of halogens is 5. The van der Waals surface area contributed by atoms with Gasteiger partial charge < -0.3 is 5.73 Å². The SMILES string of the molecule is Cc1ccc(Br)c(C(N)c2ccc(C(F)(F)F)c(F)c2)c1. The van der Waals surface area contributed by atoms with Crippen molar-refractivity contribution in [2.75, 3.05) is 0 Å². The highest BCUT2D eigenvalue weighted by Crippen LogP contribution is 2.34. The van der Waals surface area contributed by atoms with Crippen LogP contribution in [0.2, 0.25) is 0 Å². The molecule has 0 spiro atoms. The zero-order valence-electron chi connectivity index (χ0n) is 11.0. The third-order valence-corrected chi connectivity index (χ3v) is 3.87. The van der Waals surface area contributed by atoms with E-state index in [1.807, 2.05) is 19.1 Å². The van der Waals surface area contributed by atoms with Gasteiger partial charge in [0.05, 0.1) is 11.6 Å². The zero-order chi connectivity index (χ0) is 15.8. The fourth-order valence-corrected chi connectivity index (χ4v) is 2.53. The van der Waals surface area contributed by atoms with Gasteiger partial charge in [-0.1, -0.05) is 39.7 Å². The van der Waals surface area contributed by atoms with Gasteiger partial charge in [0.25, 0.3) is 0 Å². The molecule has 1 nitrogen and oxygen atoms in total. The summed E-state index contributed by atoms with van der Waals surface area (Å²) < 4.78 is 52.0. The largest absolute Gasteiger partial charge is 0.419 e. The molecule has 6 heteroatoms. The van der Waals surface area contributed by atoms with Gasteiger partial charge in [-0.3, -0.25) is 0 Å². The molecule has 1 unspecified atom stereocenters. The summed E-state index contributed by atoms with van der Waals surface area (Å²) in [7, 11) is 0. The normalized spacial score (nSPS) is 13.3. The van der Waals surface area contributed by atoms with E-state index in [9.17, 15) is 17.6 Å². The maximum atomic E-state index is 13.6. The Bertz CT molecular complexity index is 667. The van der Waals surface area contributed by atoms with Crippen LogP contribution < -0.4 is 5.73 Å². The van der Waals surface area contributed by atoms with Crippen LogP contribution >= 0.6 is 15.9 Å². The topological polar surface area (TPSA) is 26.0 Å². The molecule has 112 valence electrons. The summed E-state index contributed by atoms with van der Waals surface area (Å²) in [6.07, 6.45) is -4.71. The third kappa shape index (κ3) is 3.44. The molecule has 0 radical (unpaired) electrons. The molecule has 0 saturated heterocycles. The van der Waals surface area contributed by atoms with E-state index in [0.29, 0.717) is 11.6 Å². The maximum absolute atomic E-state index is 13.6. The van der Waals surface area contributed by atoms with E-state index < -0.39 is 23.6 Å². The molecule has 0 aliphatic rings. The van der Waals surface area contributed by atoms with Crippen LogP contribution in [0, 0.1) is 12.7 Å². The van der Waals surface area contributed by atoms with Crippen molar-refractivity contribution < 1.29 is 17.6 Å². The highest BCUT2D eigenvalue weighted by molar-refractivity contribution is 9.10. The Kier molecular flexibility index (Phi) is 4.39. The minimum atomic E-state index is -4.71.